The third-order valence-corrected chi connectivity index (χ3v) is 15.6. The molecule has 6 N–H and O–H groups in total. The van der Waals surface area contributed by atoms with Gasteiger partial charge in [-0.05, 0) is 76.7 Å². The topological polar surface area (TPSA) is 192 Å². The minimum Gasteiger partial charge on any atom is -0.496 e. The summed E-state index contributed by atoms with van der Waals surface area (Å²) in [5.41, 5.74) is -0.369. The molecule has 2 heterocycles. The van der Waals surface area contributed by atoms with Crippen molar-refractivity contribution in [1.29, 1.82) is 0 Å². The van der Waals surface area contributed by atoms with Crippen LogP contribution >= 0.6 is 15.9 Å². The molecule has 0 aromatic carbocycles. The van der Waals surface area contributed by atoms with E-state index in [1.165, 1.54) is 71.0 Å². The molecule has 12 nitrogen and oxygen atoms in total. The summed E-state index contributed by atoms with van der Waals surface area (Å²) in [4.78, 5) is 27.8. The Balaban J connectivity index is 2.03. The molecule has 0 aliphatic carbocycles. The third-order valence-electron chi connectivity index (χ3n) is 15.2. The second kappa shape index (κ2) is 33.0. The first-order valence-electron chi connectivity index (χ1n) is 27.0. The molecular weight excluding hydrogens is 957 g/mol. The maximum absolute atomic E-state index is 13.1. The van der Waals surface area contributed by atoms with Crippen LogP contribution < -0.4 is 0 Å². The summed E-state index contributed by atoms with van der Waals surface area (Å²) in [6.45, 7) is 21.0. The predicted octanol–water partition coefficient (Wildman–Crippen LogP) is 11.4. The Labute approximate surface area is 432 Å². The predicted molar refractivity (Wildman–Crippen MR) is 283 cm³/mol. The van der Waals surface area contributed by atoms with E-state index in [0.717, 1.165) is 31.3 Å². The second-order valence-electron chi connectivity index (χ2n) is 22.4. The van der Waals surface area contributed by atoms with Crippen molar-refractivity contribution in [2.45, 2.75) is 271 Å². The van der Waals surface area contributed by atoms with Crippen molar-refractivity contribution in [3.05, 3.63) is 46.2 Å². The van der Waals surface area contributed by atoms with Crippen LogP contribution in [0.4, 0.5) is 0 Å². The number of hydrogen-bond donors (Lipinski definition) is 6. The molecule has 13 heteroatoms. The Morgan fingerprint density at radius 3 is 2.01 bits per heavy atom. The smallest absolute Gasteiger partial charge is 0.331 e. The molecule has 0 aromatic heterocycles. The molecule has 406 valence electrons. The van der Waals surface area contributed by atoms with Crippen molar-refractivity contribution in [2.75, 3.05) is 7.11 Å². The summed E-state index contributed by atoms with van der Waals surface area (Å²) in [5.74, 6) is -0.786. The van der Waals surface area contributed by atoms with Crippen LogP contribution in [0, 0.1) is 23.2 Å². The van der Waals surface area contributed by atoms with Gasteiger partial charge in [-0.2, -0.15) is 0 Å². The number of fused-ring (bicyclic) bond motifs is 2. The van der Waals surface area contributed by atoms with E-state index in [2.05, 4.69) is 43.3 Å². The van der Waals surface area contributed by atoms with Crippen molar-refractivity contribution in [2.24, 2.45) is 23.2 Å². The Hall–Kier alpha value is -2.10. The van der Waals surface area contributed by atoms with Crippen LogP contribution in [0.25, 0.3) is 0 Å². The van der Waals surface area contributed by atoms with Crippen molar-refractivity contribution in [3.63, 3.8) is 0 Å². The second-order valence-corrected chi connectivity index (χ2v) is 22.9. The lowest BCUT2D eigenvalue weighted by molar-refractivity contribution is -0.164. The molecule has 2 aliphatic heterocycles. The maximum Gasteiger partial charge on any atom is 0.331 e. The summed E-state index contributed by atoms with van der Waals surface area (Å²) in [7, 11) is 1.52. The van der Waals surface area contributed by atoms with Crippen LogP contribution in [-0.4, -0.2) is 110 Å². The summed E-state index contributed by atoms with van der Waals surface area (Å²) in [6, 6.07) is 0. The minimum atomic E-state index is -1.29. The van der Waals surface area contributed by atoms with Gasteiger partial charge in [-0.1, -0.05) is 158 Å². The van der Waals surface area contributed by atoms with Crippen LogP contribution in [0.1, 0.15) is 210 Å². The van der Waals surface area contributed by atoms with E-state index < -0.39 is 71.7 Å². The zero-order valence-electron chi connectivity index (χ0n) is 45.1. The van der Waals surface area contributed by atoms with Crippen LogP contribution in [0.2, 0.25) is 0 Å². The van der Waals surface area contributed by atoms with Gasteiger partial charge >= 0.3 is 11.9 Å². The lowest BCUT2D eigenvalue weighted by Crippen LogP contribution is -2.48. The van der Waals surface area contributed by atoms with Gasteiger partial charge in [-0.3, -0.25) is 4.79 Å². The fourth-order valence-electron chi connectivity index (χ4n) is 10.3. The SMILES string of the molecule is C=C(CC(CC(O)C(C)C(O)CC(O)C(C)(C)C(O)C/C(C)=C/C(O)C1(C)OC2CC(C)CC(O)CC(C)CC(C)=CC(=O)OC1C2)OC(=O)CCCCCCCCCCCCCCC)/C(=C\Br)OC. The monoisotopic (exact) mass is 1050 g/mol. The van der Waals surface area contributed by atoms with E-state index in [4.69, 9.17) is 18.9 Å². The molecule has 13 unspecified atom stereocenters. The minimum absolute atomic E-state index is 0.0243. The first-order valence-corrected chi connectivity index (χ1v) is 27.9. The number of esters is 2. The molecule has 2 rings (SSSR count). The maximum atomic E-state index is 13.1. The van der Waals surface area contributed by atoms with Gasteiger partial charge in [-0.15, -0.1) is 0 Å². The van der Waals surface area contributed by atoms with Gasteiger partial charge < -0.3 is 49.6 Å². The molecule has 13 atom stereocenters. The van der Waals surface area contributed by atoms with Crippen LogP contribution in [0.5, 0.6) is 0 Å². The largest absolute Gasteiger partial charge is 0.496 e. The number of ether oxygens (including phenoxy) is 4. The zero-order valence-corrected chi connectivity index (χ0v) is 46.7. The number of allylic oxidation sites excluding steroid dienone is 2. The van der Waals surface area contributed by atoms with E-state index in [1.54, 1.807) is 45.7 Å². The number of aliphatic hydroxyl groups is 6. The Kier molecular flexibility index (Phi) is 30.1. The Bertz CT molecular complexity index is 1630. The van der Waals surface area contributed by atoms with Gasteiger partial charge in [0, 0.05) is 54.5 Å². The number of aliphatic hydroxyl groups excluding tert-OH is 6. The van der Waals surface area contributed by atoms with Gasteiger partial charge in [-0.25, -0.2) is 4.79 Å². The molecule has 2 bridgehead atoms. The quantitative estimate of drug-likeness (QED) is 0.0127. The number of halogens is 1. The van der Waals surface area contributed by atoms with E-state index in [-0.39, 0.29) is 56.0 Å². The third kappa shape index (κ3) is 23.0. The molecule has 1 fully saturated rings. The van der Waals surface area contributed by atoms with Gasteiger partial charge in [0.1, 0.15) is 29.7 Å². The van der Waals surface area contributed by atoms with E-state index in [0.29, 0.717) is 49.0 Å². The van der Waals surface area contributed by atoms with Gasteiger partial charge in [0.15, 0.2) is 0 Å². The highest BCUT2D eigenvalue weighted by Gasteiger charge is 2.52. The molecular formula is C57H99BrO12. The molecule has 70 heavy (non-hydrogen) atoms. The fourth-order valence-corrected chi connectivity index (χ4v) is 10.8. The van der Waals surface area contributed by atoms with E-state index >= 15 is 0 Å². The van der Waals surface area contributed by atoms with Crippen molar-refractivity contribution >= 4 is 27.9 Å². The van der Waals surface area contributed by atoms with Crippen molar-refractivity contribution in [3.8, 4) is 0 Å². The van der Waals surface area contributed by atoms with Crippen molar-refractivity contribution in [1.82, 2.24) is 0 Å². The van der Waals surface area contributed by atoms with E-state index in [1.807, 2.05) is 6.92 Å². The molecule has 0 amide bonds. The Morgan fingerprint density at radius 1 is 0.886 bits per heavy atom. The molecule has 0 saturated carbocycles. The molecule has 1 saturated heterocycles. The summed E-state index contributed by atoms with van der Waals surface area (Å²) in [6.07, 6.45) is 14.0. The van der Waals surface area contributed by atoms with Crippen LogP contribution in [0.15, 0.2) is 46.2 Å². The molecule has 0 spiro atoms. The number of hydrogen-bond acceptors (Lipinski definition) is 12. The first-order chi connectivity index (χ1) is 33.0. The summed E-state index contributed by atoms with van der Waals surface area (Å²) >= 11 is 3.29. The molecule has 0 aromatic rings. The summed E-state index contributed by atoms with van der Waals surface area (Å²) < 4.78 is 23.8. The lowest BCUT2D eigenvalue weighted by atomic mass is 9.75. The number of unbranched alkanes of at least 4 members (excludes halogenated alkanes) is 12. The fraction of sp³-hybridized carbons (Fsp3) is 0.825. The zero-order chi connectivity index (χ0) is 52.6. The lowest BCUT2D eigenvalue weighted by Gasteiger charge is -2.38. The Morgan fingerprint density at radius 2 is 1.44 bits per heavy atom. The normalized spacial score (nSPS) is 26.2. The number of methoxy groups -OCH3 is 1. The highest BCUT2D eigenvalue weighted by atomic mass is 79.9. The average Bonchev–Trinajstić information content (AvgIpc) is 3.58. The van der Waals surface area contributed by atoms with Gasteiger partial charge in [0.2, 0.25) is 0 Å². The van der Waals surface area contributed by atoms with Crippen LogP contribution in [-0.2, 0) is 28.5 Å². The number of carbonyl (C=O) groups excluding carboxylic acids is 2. The first kappa shape index (κ1) is 64.0. The summed E-state index contributed by atoms with van der Waals surface area (Å²) in [5, 5.41) is 68.5. The number of carbonyl (C=O) groups is 2. The molecule has 2 aliphatic rings. The average molecular weight is 1060 g/mol. The van der Waals surface area contributed by atoms with Crippen molar-refractivity contribution < 1.29 is 59.2 Å². The van der Waals surface area contributed by atoms with Gasteiger partial charge in [0.25, 0.3) is 0 Å². The van der Waals surface area contributed by atoms with Gasteiger partial charge in [0.05, 0.1) is 43.7 Å². The van der Waals surface area contributed by atoms with E-state index in [9.17, 15) is 40.2 Å². The van der Waals surface area contributed by atoms with Crippen LogP contribution in [0.3, 0.4) is 0 Å². The molecule has 0 radical (unpaired) electrons. The number of rotatable bonds is 31. The standard InChI is InChI=1S/C57H99BrO12/c1-12-13-14-15-16-17-18-19-20-21-22-23-24-25-54(65)68-45(33-42(6)49(37-58)67-11)34-47(60)43(7)48(61)36-51(63)56(8,9)50(62)30-41(5)31-52(64)57(10)53-35-46(70-57)29-40(4)28-44(59)27-38(2)26-39(3)32-55(66)69-53/h31-32,37-38,40,43-48,50-53,59-64H,6,12-30,33-36H2,1-5,7-11H3/b39-32?,41-31+,49-37+. The highest BCUT2D eigenvalue weighted by Crippen LogP contribution is 2.41. The highest BCUT2D eigenvalue weighted by molar-refractivity contribution is 9.11.